The highest BCUT2D eigenvalue weighted by molar-refractivity contribution is 5.78. The number of carboxylic acids is 1. The predicted molar refractivity (Wildman–Crippen MR) is 96.8 cm³/mol. The van der Waals surface area contributed by atoms with Gasteiger partial charge in [-0.2, -0.15) is 0 Å². The zero-order valence-corrected chi connectivity index (χ0v) is 14.6. The Kier molecular flexibility index (Phi) is 5.65. The predicted octanol–water partition coefficient (Wildman–Crippen LogP) is 1.94. The molecular formula is C19H23N3O4. The lowest BCUT2D eigenvalue weighted by Gasteiger charge is -2.23. The summed E-state index contributed by atoms with van der Waals surface area (Å²) in [5.41, 5.74) is 0.447. The van der Waals surface area contributed by atoms with Crippen LogP contribution in [0.4, 0.5) is 0 Å². The third-order valence-corrected chi connectivity index (χ3v) is 4.99. The molecule has 7 nitrogen and oxygen atoms in total. The van der Waals surface area contributed by atoms with Crippen LogP contribution in [0.5, 0.6) is 0 Å². The Bertz CT molecular complexity index is 861. The van der Waals surface area contributed by atoms with Crippen LogP contribution in [0, 0.1) is 5.92 Å². The van der Waals surface area contributed by atoms with Gasteiger partial charge in [0.1, 0.15) is 0 Å². The zero-order chi connectivity index (χ0) is 18.5. The molecule has 1 saturated carbocycles. The topological polar surface area (TPSA) is 101 Å². The SMILES string of the molecule is O=C(CCn1cnc2ccccc2c1=O)N[C@H]1CCCCC[C@H]1C(=O)O. The Morgan fingerprint density at radius 1 is 1.19 bits per heavy atom. The van der Waals surface area contributed by atoms with E-state index in [0.29, 0.717) is 23.7 Å². The van der Waals surface area contributed by atoms with E-state index >= 15 is 0 Å². The van der Waals surface area contributed by atoms with Crippen LogP contribution in [0.15, 0.2) is 35.4 Å². The average Bonchev–Trinajstić information content (AvgIpc) is 2.87. The summed E-state index contributed by atoms with van der Waals surface area (Å²) < 4.78 is 1.42. The number of fused-ring (bicyclic) bond motifs is 1. The minimum Gasteiger partial charge on any atom is -0.481 e. The number of carboxylic acid groups (broad SMARTS) is 1. The summed E-state index contributed by atoms with van der Waals surface area (Å²) in [4.78, 5) is 40.4. The van der Waals surface area contributed by atoms with Gasteiger partial charge in [0.25, 0.3) is 5.56 Å². The maximum Gasteiger partial charge on any atom is 0.308 e. The van der Waals surface area contributed by atoms with E-state index in [1.807, 2.05) is 6.07 Å². The van der Waals surface area contributed by atoms with Crippen LogP contribution >= 0.6 is 0 Å². The summed E-state index contributed by atoms with van der Waals surface area (Å²) in [7, 11) is 0. The largest absolute Gasteiger partial charge is 0.481 e. The Morgan fingerprint density at radius 3 is 2.77 bits per heavy atom. The Hall–Kier alpha value is -2.70. The standard InChI is InChI=1S/C19H23N3O4/c23-17(21-16-9-3-1-2-7-14(16)19(25)26)10-11-22-12-20-15-8-5-4-6-13(15)18(22)24/h4-6,8,12,14,16H,1-3,7,9-11H2,(H,21,23)(H,25,26)/t14-,16+/m1/s1. The highest BCUT2D eigenvalue weighted by Crippen LogP contribution is 2.24. The van der Waals surface area contributed by atoms with Crippen molar-refractivity contribution in [2.24, 2.45) is 5.92 Å². The molecule has 2 atom stereocenters. The van der Waals surface area contributed by atoms with Gasteiger partial charge in [0, 0.05) is 19.0 Å². The Morgan fingerprint density at radius 2 is 1.96 bits per heavy atom. The number of hydrogen-bond acceptors (Lipinski definition) is 4. The molecule has 1 aliphatic carbocycles. The molecule has 1 fully saturated rings. The zero-order valence-electron chi connectivity index (χ0n) is 14.6. The molecule has 2 aromatic rings. The van der Waals surface area contributed by atoms with E-state index in [1.54, 1.807) is 18.2 Å². The average molecular weight is 357 g/mol. The van der Waals surface area contributed by atoms with Gasteiger partial charge in [-0.1, -0.05) is 31.4 Å². The maximum atomic E-state index is 12.4. The fraction of sp³-hybridized carbons (Fsp3) is 0.474. The number of benzene rings is 1. The molecule has 1 aromatic carbocycles. The van der Waals surface area contributed by atoms with Crippen molar-refractivity contribution in [3.8, 4) is 0 Å². The molecule has 1 heterocycles. The van der Waals surface area contributed by atoms with Gasteiger partial charge in [-0.15, -0.1) is 0 Å². The highest BCUT2D eigenvalue weighted by atomic mass is 16.4. The lowest BCUT2D eigenvalue weighted by molar-refractivity contribution is -0.143. The van der Waals surface area contributed by atoms with Crippen LogP contribution in [0.1, 0.15) is 38.5 Å². The smallest absolute Gasteiger partial charge is 0.308 e. The fourth-order valence-corrected chi connectivity index (χ4v) is 3.54. The van der Waals surface area contributed by atoms with Gasteiger partial charge < -0.3 is 10.4 Å². The lowest BCUT2D eigenvalue weighted by atomic mass is 9.95. The van der Waals surface area contributed by atoms with E-state index < -0.39 is 11.9 Å². The molecule has 0 unspecified atom stereocenters. The molecule has 3 rings (SSSR count). The molecule has 26 heavy (non-hydrogen) atoms. The van der Waals surface area contributed by atoms with Gasteiger partial charge >= 0.3 is 5.97 Å². The molecule has 1 amide bonds. The first-order chi connectivity index (χ1) is 12.6. The molecule has 0 radical (unpaired) electrons. The second-order valence-electron chi connectivity index (χ2n) is 6.77. The first-order valence-electron chi connectivity index (χ1n) is 9.02. The second kappa shape index (κ2) is 8.12. The minimum atomic E-state index is -0.854. The van der Waals surface area contributed by atoms with Crippen molar-refractivity contribution in [1.29, 1.82) is 0 Å². The number of carbonyl (C=O) groups is 2. The molecule has 1 aliphatic rings. The molecule has 7 heteroatoms. The van der Waals surface area contributed by atoms with E-state index in [9.17, 15) is 19.5 Å². The van der Waals surface area contributed by atoms with Crippen LogP contribution < -0.4 is 10.9 Å². The quantitative estimate of drug-likeness (QED) is 0.796. The van der Waals surface area contributed by atoms with Crippen LogP contribution in [0.25, 0.3) is 10.9 Å². The Balaban J connectivity index is 1.64. The normalized spacial score (nSPS) is 20.5. The number of carbonyl (C=O) groups excluding carboxylic acids is 1. The first-order valence-corrected chi connectivity index (χ1v) is 9.02. The summed E-state index contributed by atoms with van der Waals surface area (Å²) in [6.07, 6.45) is 5.62. The number of aliphatic carboxylic acids is 1. The van der Waals surface area contributed by atoms with Crippen LogP contribution in [-0.4, -0.2) is 32.6 Å². The van der Waals surface area contributed by atoms with Crippen LogP contribution in [-0.2, 0) is 16.1 Å². The minimum absolute atomic E-state index is 0.114. The number of aromatic nitrogens is 2. The number of hydrogen-bond donors (Lipinski definition) is 2. The number of nitrogens with zero attached hydrogens (tertiary/aromatic N) is 2. The number of amides is 1. The van der Waals surface area contributed by atoms with Gasteiger partial charge in [-0.05, 0) is 25.0 Å². The number of aryl methyl sites for hydroxylation is 1. The van der Waals surface area contributed by atoms with Gasteiger partial charge in [0.05, 0.1) is 23.1 Å². The Labute approximate surface area is 151 Å². The van der Waals surface area contributed by atoms with E-state index in [-0.39, 0.29) is 30.5 Å². The van der Waals surface area contributed by atoms with Crippen molar-refractivity contribution in [2.45, 2.75) is 51.1 Å². The van der Waals surface area contributed by atoms with Crippen molar-refractivity contribution >= 4 is 22.8 Å². The van der Waals surface area contributed by atoms with Gasteiger partial charge in [-0.3, -0.25) is 19.0 Å². The van der Waals surface area contributed by atoms with Crippen LogP contribution in [0.3, 0.4) is 0 Å². The molecule has 1 aromatic heterocycles. The van der Waals surface area contributed by atoms with Crippen LogP contribution in [0.2, 0.25) is 0 Å². The second-order valence-corrected chi connectivity index (χ2v) is 6.77. The van der Waals surface area contributed by atoms with E-state index in [1.165, 1.54) is 10.9 Å². The molecule has 2 N–H and O–H groups in total. The first kappa shape index (κ1) is 18.1. The molecular weight excluding hydrogens is 334 g/mol. The van der Waals surface area contributed by atoms with Crippen molar-refractivity contribution < 1.29 is 14.7 Å². The highest BCUT2D eigenvalue weighted by Gasteiger charge is 2.30. The number of rotatable bonds is 5. The molecule has 0 bridgehead atoms. The van der Waals surface area contributed by atoms with Gasteiger partial charge in [0.2, 0.25) is 5.91 Å². The maximum absolute atomic E-state index is 12.4. The number of nitrogens with one attached hydrogen (secondary N) is 1. The molecule has 0 spiro atoms. The fourth-order valence-electron chi connectivity index (χ4n) is 3.54. The molecule has 0 saturated heterocycles. The summed E-state index contributed by atoms with van der Waals surface area (Å²) >= 11 is 0. The van der Waals surface area contributed by atoms with Crippen molar-refractivity contribution in [2.75, 3.05) is 0 Å². The summed E-state index contributed by atoms with van der Waals surface area (Å²) in [6, 6.07) is 6.74. The van der Waals surface area contributed by atoms with Crippen molar-refractivity contribution in [3.05, 3.63) is 40.9 Å². The van der Waals surface area contributed by atoms with E-state index in [4.69, 9.17) is 0 Å². The molecule has 138 valence electrons. The summed E-state index contributed by atoms with van der Waals surface area (Å²) in [5, 5.41) is 12.8. The summed E-state index contributed by atoms with van der Waals surface area (Å²) in [5.74, 6) is -1.62. The monoisotopic (exact) mass is 357 g/mol. The van der Waals surface area contributed by atoms with E-state index in [2.05, 4.69) is 10.3 Å². The summed E-state index contributed by atoms with van der Waals surface area (Å²) in [6.45, 7) is 0.215. The lowest BCUT2D eigenvalue weighted by Crippen LogP contribution is -2.43. The third kappa shape index (κ3) is 4.09. The number of para-hydroxylation sites is 1. The van der Waals surface area contributed by atoms with Crippen molar-refractivity contribution in [1.82, 2.24) is 14.9 Å². The van der Waals surface area contributed by atoms with Gasteiger partial charge in [-0.25, -0.2) is 4.98 Å². The van der Waals surface area contributed by atoms with Crippen molar-refractivity contribution in [3.63, 3.8) is 0 Å². The molecule has 0 aliphatic heterocycles. The third-order valence-electron chi connectivity index (χ3n) is 4.99. The van der Waals surface area contributed by atoms with E-state index in [0.717, 1.165) is 19.3 Å². The van der Waals surface area contributed by atoms with Gasteiger partial charge in [0.15, 0.2) is 0 Å².